The number of methoxy groups -OCH3 is 2. The van der Waals surface area contributed by atoms with E-state index in [0.717, 1.165) is 51.4 Å². The Bertz CT molecular complexity index is 701. The number of carbonyl (C=O) groups is 2. The highest BCUT2D eigenvalue weighted by molar-refractivity contribution is 5.74. The summed E-state index contributed by atoms with van der Waals surface area (Å²) in [6.45, 7) is 10.5. The summed E-state index contributed by atoms with van der Waals surface area (Å²) >= 11 is 0. The molecule has 0 aliphatic rings. The van der Waals surface area contributed by atoms with Crippen LogP contribution < -0.4 is 0 Å². The summed E-state index contributed by atoms with van der Waals surface area (Å²) in [5, 5.41) is 0. The van der Waals surface area contributed by atoms with E-state index in [9.17, 15) is 9.59 Å². The molecule has 0 bridgehead atoms. The minimum absolute atomic E-state index is 0.110. The minimum atomic E-state index is -0.555. The van der Waals surface area contributed by atoms with Crippen LogP contribution in [0.5, 0.6) is 0 Å². The van der Waals surface area contributed by atoms with Crippen LogP contribution in [0.1, 0.15) is 207 Å². The SMILES string of the molecule is CCCCCCCCC(COC(CCCCCCCC)C(=O)OC)OCCOC(CCCCCCCC)COC(CCCCCCCC)C(=O)OC. The Hall–Kier alpha value is -1.22. The predicted molar refractivity (Wildman–Crippen MR) is 215 cm³/mol. The van der Waals surface area contributed by atoms with E-state index in [1.54, 1.807) is 0 Å². The molecule has 0 rings (SSSR count). The molecule has 4 unspecified atom stereocenters. The molecule has 0 aromatic rings. The van der Waals surface area contributed by atoms with Gasteiger partial charge in [-0.3, -0.25) is 0 Å². The Balaban J connectivity index is 5.21. The number of esters is 2. The van der Waals surface area contributed by atoms with E-state index in [-0.39, 0.29) is 24.1 Å². The van der Waals surface area contributed by atoms with Gasteiger partial charge in [0.2, 0.25) is 0 Å². The lowest BCUT2D eigenvalue weighted by atomic mass is 10.1. The van der Waals surface area contributed by atoms with Gasteiger partial charge in [0.15, 0.2) is 12.2 Å². The van der Waals surface area contributed by atoms with Crippen LogP contribution in [-0.2, 0) is 38.0 Å². The summed E-state index contributed by atoms with van der Waals surface area (Å²) in [5.41, 5.74) is 0. The Morgan fingerprint density at radius 1 is 0.365 bits per heavy atom. The number of unbranched alkanes of at least 4 members (excludes halogenated alkanes) is 20. The second kappa shape index (κ2) is 39.5. The molecule has 0 heterocycles. The zero-order chi connectivity index (χ0) is 38.3. The molecule has 0 radical (unpaired) electrons. The number of rotatable bonds is 41. The van der Waals surface area contributed by atoms with E-state index in [2.05, 4.69) is 27.7 Å². The summed E-state index contributed by atoms with van der Waals surface area (Å²) in [4.78, 5) is 25.2. The molecule has 0 aliphatic heterocycles. The second-order valence-corrected chi connectivity index (χ2v) is 14.9. The molecule has 0 aliphatic carbocycles. The van der Waals surface area contributed by atoms with Crippen molar-refractivity contribution in [1.29, 1.82) is 0 Å². The zero-order valence-corrected chi connectivity index (χ0v) is 35.2. The van der Waals surface area contributed by atoms with Crippen molar-refractivity contribution in [3.05, 3.63) is 0 Å². The number of hydrogen-bond donors (Lipinski definition) is 0. The molecule has 0 amide bonds. The molecular formula is C44H86O8. The standard InChI is InChI=1S/C44H86O8/c1-7-11-15-19-23-27-31-39(37-51-41(43(45)47-5)33-29-25-21-17-13-9-3)49-35-36-50-40(32-28-24-20-16-12-8-2)38-52-42(44(46)48-6)34-30-26-22-18-14-10-4/h39-42H,7-38H2,1-6H3. The lowest BCUT2D eigenvalue weighted by Gasteiger charge is -2.24. The van der Waals surface area contributed by atoms with Gasteiger partial charge in [-0.15, -0.1) is 0 Å². The fourth-order valence-electron chi connectivity index (χ4n) is 6.63. The number of ether oxygens (including phenoxy) is 6. The van der Waals surface area contributed by atoms with Gasteiger partial charge in [0, 0.05) is 0 Å². The number of hydrogen-bond acceptors (Lipinski definition) is 8. The first-order valence-electron chi connectivity index (χ1n) is 22.1. The van der Waals surface area contributed by atoms with Gasteiger partial charge >= 0.3 is 11.9 Å². The molecule has 0 N–H and O–H groups in total. The van der Waals surface area contributed by atoms with E-state index in [4.69, 9.17) is 28.4 Å². The van der Waals surface area contributed by atoms with Crippen molar-refractivity contribution in [2.45, 2.75) is 232 Å². The summed E-state index contributed by atoms with van der Waals surface area (Å²) in [7, 11) is 2.88. The highest BCUT2D eigenvalue weighted by Gasteiger charge is 2.23. The van der Waals surface area contributed by atoms with Gasteiger partial charge < -0.3 is 28.4 Å². The van der Waals surface area contributed by atoms with E-state index in [0.29, 0.717) is 39.3 Å². The molecule has 52 heavy (non-hydrogen) atoms. The van der Waals surface area contributed by atoms with Crippen LogP contribution in [0, 0.1) is 0 Å². The van der Waals surface area contributed by atoms with Gasteiger partial charge in [-0.1, -0.05) is 182 Å². The molecule has 0 saturated heterocycles. The maximum Gasteiger partial charge on any atom is 0.334 e. The molecule has 0 aromatic carbocycles. The average Bonchev–Trinajstić information content (AvgIpc) is 3.16. The third kappa shape index (κ3) is 31.2. The Labute approximate surface area is 321 Å². The normalized spacial score (nSPS) is 13.9. The first kappa shape index (κ1) is 50.8. The van der Waals surface area contributed by atoms with Crippen molar-refractivity contribution in [2.75, 3.05) is 40.6 Å². The maximum absolute atomic E-state index is 12.6. The van der Waals surface area contributed by atoms with Crippen molar-refractivity contribution < 1.29 is 38.0 Å². The van der Waals surface area contributed by atoms with Crippen LogP contribution in [0.3, 0.4) is 0 Å². The van der Waals surface area contributed by atoms with E-state index < -0.39 is 12.2 Å². The second-order valence-electron chi connectivity index (χ2n) is 14.9. The molecule has 4 atom stereocenters. The fraction of sp³-hybridized carbons (Fsp3) is 0.955. The van der Waals surface area contributed by atoms with Crippen LogP contribution in [0.25, 0.3) is 0 Å². The zero-order valence-electron chi connectivity index (χ0n) is 35.2. The first-order valence-corrected chi connectivity index (χ1v) is 22.1. The van der Waals surface area contributed by atoms with Gasteiger partial charge in [0.25, 0.3) is 0 Å². The van der Waals surface area contributed by atoms with Crippen molar-refractivity contribution in [1.82, 2.24) is 0 Å². The van der Waals surface area contributed by atoms with Crippen LogP contribution in [0.15, 0.2) is 0 Å². The summed E-state index contributed by atoms with van der Waals surface area (Å²) in [6.07, 6.45) is 30.3. The van der Waals surface area contributed by atoms with Gasteiger partial charge in [-0.2, -0.15) is 0 Å². The molecule has 0 spiro atoms. The van der Waals surface area contributed by atoms with Gasteiger partial charge in [0.1, 0.15) is 0 Å². The quantitative estimate of drug-likeness (QED) is 0.0452. The largest absolute Gasteiger partial charge is 0.467 e. The van der Waals surface area contributed by atoms with Crippen molar-refractivity contribution in [3.8, 4) is 0 Å². The smallest absolute Gasteiger partial charge is 0.334 e. The first-order chi connectivity index (χ1) is 25.5. The summed E-state index contributed by atoms with van der Waals surface area (Å²) < 4.78 is 35.4. The average molecular weight is 743 g/mol. The summed E-state index contributed by atoms with van der Waals surface area (Å²) in [5.74, 6) is -0.594. The summed E-state index contributed by atoms with van der Waals surface area (Å²) in [6, 6.07) is 0. The molecule has 0 fully saturated rings. The van der Waals surface area contributed by atoms with Gasteiger partial charge in [-0.25, -0.2) is 9.59 Å². The Morgan fingerprint density at radius 3 is 0.923 bits per heavy atom. The lowest BCUT2D eigenvalue weighted by Crippen LogP contribution is -2.32. The highest BCUT2D eigenvalue weighted by Crippen LogP contribution is 2.18. The van der Waals surface area contributed by atoms with Crippen LogP contribution in [0.4, 0.5) is 0 Å². The molecule has 0 saturated carbocycles. The van der Waals surface area contributed by atoms with Crippen molar-refractivity contribution in [3.63, 3.8) is 0 Å². The third-order valence-electron chi connectivity index (χ3n) is 10.1. The third-order valence-corrected chi connectivity index (χ3v) is 10.1. The van der Waals surface area contributed by atoms with Crippen LogP contribution in [0.2, 0.25) is 0 Å². The minimum Gasteiger partial charge on any atom is -0.467 e. The highest BCUT2D eigenvalue weighted by atomic mass is 16.6. The van der Waals surface area contributed by atoms with Crippen LogP contribution >= 0.6 is 0 Å². The van der Waals surface area contributed by atoms with Crippen molar-refractivity contribution in [2.24, 2.45) is 0 Å². The fourth-order valence-corrected chi connectivity index (χ4v) is 6.63. The molecular weight excluding hydrogens is 656 g/mol. The molecule has 8 heteroatoms. The topological polar surface area (TPSA) is 89.5 Å². The lowest BCUT2D eigenvalue weighted by molar-refractivity contribution is -0.160. The molecule has 310 valence electrons. The number of carbonyl (C=O) groups excluding carboxylic acids is 2. The van der Waals surface area contributed by atoms with Gasteiger partial charge in [0.05, 0.1) is 52.9 Å². The van der Waals surface area contributed by atoms with E-state index in [1.807, 2.05) is 0 Å². The van der Waals surface area contributed by atoms with Crippen LogP contribution in [-0.4, -0.2) is 77.0 Å². The van der Waals surface area contributed by atoms with E-state index >= 15 is 0 Å². The predicted octanol–water partition coefficient (Wildman–Crippen LogP) is 11.9. The van der Waals surface area contributed by atoms with E-state index in [1.165, 1.54) is 130 Å². The van der Waals surface area contributed by atoms with Crippen molar-refractivity contribution >= 4 is 11.9 Å². The monoisotopic (exact) mass is 743 g/mol. The van der Waals surface area contributed by atoms with Gasteiger partial charge in [-0.05, 0) is 25.7 Å². The Morgan fingerprint density at radius 2 is 0.635 bits per heavy atom. The maximum atomic E-state index is 12.6. The Kier molecular flexibility index (Phi) is 38.5. The molecule has 0 aromatic heterocycles. The molecule has 8 nitrogen and oxygen atoms in total.